The molecule has 0 saturated heterocycles. The summed E-state index contributed by atoms with van der Waals surface area (Å²) in [5, 5.41) is 24.7. The van der Waals surface area contributed by atoms with Gasteiger partial charge in [0.15, 0.2) is 0 Å². The van der Waals surface area contributed by atoms with Crippen molar-refractivity contribution in [1.29, 1.82) is 0 Å². The molecular formula is C4H7NO4. The van der Waals surface area contributed by atoms with Crippen molar-refractivity contribution >= 4 is 12.2 Å². The lowest BCUT2D eigenvalue weighted by molar-refractivity contribution is -0.199. The van der Waals surface area contributed by atoms with E-state index >= 15 is 0 Å². The molecule has 5 nitrogen and oxygen atoms in total. The molecule has 5 heteroatoms. The molecule has 0 aliphatic carbocycles. The molecule has 0 rings (SSSR count). The fourth-order valence-corrected chi connectivity index (χ4v) is 0.235. The maximum absolute atomic E-state index is 9.80. The van der Waals surface area contributed by atoms with E-state index in [9.17, 15) is 4.79 Å². The van der Waals surface area contributed by atoms with Crippen LogP contribution in [0.2, 0.25) is 0 Å². The molecule has 0 unspecified atom stereocenters. The minimum absolute atomic E-state index is 0.994. The zero-order chi connectivity index (χ0) is 7.49. The molecule has 0 aromatic heterocycles. The number of hydrogen-bond acceptors (Lipinski definition) is 4. The van der Waals surface area contributed by atoms with Crippen molar-refractivity contribution < 1.29 is 20.1 Å². The molecule has 3 N–H and O–H groups in total. The summed E-state index contributed by atoms with van der Waals surface area (Å²) in [7, 11) is 0. The van der Waals surface area contributed by atoms with Crippen molar-refractivity contribution in [3.63, 3.8) is 0 Å². The molecule has 0 atom stereocenters. The fraction of sp³-hybridized carbons (Fsp3) is 0.500. The summed E-state index contributed by atoms with van der Waals surface area (Å²) in [4.78, 5) is 12.6. The minimum Gasteiger partial charge on any atom is -0.476 e. The molecule has 0 aromatic rings. The van der Waals surface area contributed by atoms with Crippen molar-refractivity contribution in [2.24, 2.45) is 4.99 Å². The maximum Gasteiger partial charge on any atom is 0.389 e. The predicted octanol–water partition coefficient (Wildman–Crippen LogP) is -1.20. The third-order valence-corrected chi connectivity index (χ3v) is 0.596. The summed E-state index contributed by atoms with van der Waals surface area (Å²) in [5.41, 5.74) is 0. The predicted molar refractivity (Wildman–Crippen MR) is 29.0 cm³/mol. The lowest BCUT2D eigenvalue weighted by Gasteiger charge is -2.07. The van der Waals surface area contributed by atoms with Crippen LogP contribution >= 0.6 is 0 Å². The molecule has 0 aliphatic rings. The number of aliphatic imine (C=N–C) groups is 1. The van der Waals surface area contributed by atoms with Gasteiger partial charge >= 0.3 is 11.9 Å². The Morgan fingerprint density at radius 3 is 2.22 bits per heavy atom. The Morgan fingerprint density at radius 1 is 1.67 bits per heavy atom. The molecule has 0 bridgehead atoms. The average Bonchev–Trinajstić information content (AvgIpc) is 1.65. The molecule has 0 aliphatic heterocycles. The molecule has 0 spiro atoms. The van der Waals surface area contributed by atoms with E-state index in [0.29, 0.717) is 0 Å². The standard InChI is InChI=1S/C4H7NO4/c1-2-5-4(8,9)3(6)7/h2,8-9H,1H3,(H,6,7). The lowest BCUT2D eigenvalue weighted by Crippen LogP contribution is -2.35. The number of carbonyl (C=O) groups is 1. The van der Waals surface area contributed by atoms with Crippen LogP contribution in [0.25, 0.3) is 0 Å². The van der Waals surface area contributed by atoms with Crippen LogP contribution in [0.1, 0.15) is 6.92 Å². The highest BCUT2D eigenvalue weighted by molar-refractivity contribution is 5.76. The first-order chi connectivity index (χ1) is 4.00. The highest BCUT2D eigenvalue weighted by Gasteiger charge is 2.31. The Morgan fingerprint density at radius 2 is 2.11 bits per heavy atom. The number of hydrogen-bond donors (Lipinski definition) is 3. The van der Waals surface area contributed by atoms with Crippen LogP contribution in [0.15, 0.2) is 4.99 Å². The second kappa shape index (κ2) is 2.56. The number of carboxylic acid groups (broad SMARTS) is 1. The van der Waals surface area contributed by atoms with Gasteiger partial charge in [-0.3, -0.25) is 0 Å². The number of carboxylic acids is 1. The highest BCUT2D eigenvalue weighted by atomic mass is 16.6. The van der Waals surface area contributed by atoms with Gasteiger partial charge in [-0.2, -0.15) is 0 Å². The van der Waals surface area contributed by atoms with Gasteiger partial charge in [0, 0.05) is 6.21 Å². The van der Waals surface area contributed by atoms with E-state index < -0.39 is 11.9 Å². The van der Waals surface area contributed by atoms with E-state index in [4.69, 9.17) is 15.3 Å². The van der Waals surface area contributed by atoms with Gasteiger partial charge in [0.1, 0.15) is 0 Å². The zero-order valence-electron chi connectivity index (χ0n) is 4.77. The summed E-state index contributed by atoms with van der Waals surface area (Å²) in [5.74, 6) is -4.75. The normalized spacial score (nSPS) is 12.3. The van der Waals surface area contributed by atoms with Crippen LogP contribution in [0.3, 0.4) is 0 Å². The van der Waals surface area contributed by atoms with Crippen molar-refractivity contribution in [1.82, 2.24) is 0 Å². The molecule has 52 valence electrons. The number of aliphatic hydroxyl groups is 2. The topological polar surface area (TPSA) is 90.1 Å². The number of rotatable bonds is 2. The van der Waals surface area contributed by atoms with E-state index in [2.05, 4.69) is 4.99 Å². The SMILES string of the molecule is CC=NC(O)(O)C(=O)O. The van der Waals surface area contributed by atoms with E-state index in [1.54, 1.807) is 0 Å². The summed E-state index contributed by atoms with van der Waals surface area (Å²) >= 11 is 0. The molecule has 9 heavy (non-hydrogen) atoms. The van der Waals surface area contributed by atoms with Gasteiger partial charge in [-0.1, -0.05) is 0 Å². The van der Waals surface area contributed by atoms with Gasteiger partial charge in [0.05, 0.1) is 0 Å². The Labute approximate surface area is 51.3 Å². The van der Waals surface area contributed by atoms with E-state index in [-0.39, 0.29) is 0 Å². The maximum atomic E-state index is 9.80. The molecule has 0 saturated carbocycles. The van der Waals surface area contributed by atoms with Crippen LogP contribution in [0.4, 0.5) is 0 Å². The average molecular weight is 133 g/mol. The molecule has 0 aromatic carbocycles. The van der Waals surface area contributed by atoms with Crippen molar-refractivity contribution in [3.05, 3.63) is 0 Å². The molecular weight excluding hydrogens is 126 g/mol. The van der Waals surface area contributed by atoms with Gasteiger partial charge < -0.3 is 15.3 Å². The highest BCUT2D eigenvalue weighted by Crippen LogP contribution is 1.98. The molecule has 0 heterocycles. The largest absolute Gasteiger partial charge is 0.476 e. The first-order valence-electron chi connectivity index (χ1n) is 2.18. The van der Waals surface area contributed by atoms with Crippen molar-refractivity contribution in [2.45, 2.75) is 12.8 Å². The first-order valence-corrected chi connectivity index (χ1v) is 2.18. The van der Waals surface area contributed by atoms with E-state index in [0.717, 1.165) is 6.21 Å². The Bertz CT molecular complexity index is 140. The van der Waals surface area contributed by atoms with Crippen LogP contribution in [0, 0.1) is 0 Å². The minimum atomic E-state index is -2.96. The summed E-state index contributed by atoms with van der Waals surface area (Å²) in [6.07, 6.45) is 0.994. The summed E-state index contributed by atoms with van der Waals surface area (Å²) in [6, 6.07) is 0. The van der Waals surface area contributed by atoms with Gasteiger partial charge in [-0.05, 0) is 6.92 Å². The molecule has 0 amide bonds. The fourth-order valence-electron chi connectivity index (χ4n) is 0.235. The van der Waals surface area contributed by atoms with E-state index in [1.165, 1.54) is 6.92 Å². The van der Waals surface area contributed by atoms with Gasteiger partial charge in [0.2, 0.25) is 0 Å². The Hall–Kier alpha value is -0.940. The summed E-state index contributed by atoms with van der Waals surface area (Å²) in [6.45, 7) is 1.38. The van der Waals surface area contributed by atoms with Crippen molar-refractivity contribution in [2.75, 3.05) is 0 Å². The molecule has 0 radical (unpaired) electrons. The van der Waals surface area contributed by atoms with Crippen LogP contribution in [0.5, 0.6) is 0 Å². The Kier molecular flexibility index (Phi) is 2.29. The molecule has 0 fully saturated rings. The van der Waals surface area contributed by atoms with Gasteiger partial charge in [-0.15, -0.1) is 0 Å². The number of nitrogens with zero attached hydrogens (tertiary/aromatic N) is 1. The summed E-state index contributed by atoms with van der Waals surface area (Å²) < 4.78 is 0. The second-order valence-corrected chi connectivity index (χ2v) is 1.33. The van der Waals surface area contributed by atoms with Crippen LogP contribution in [-0.4, -0.2) is 33.4 Å². The Balaban J connectivity index is 4.19. The van der Waals surface area contributed by atoms with Gasteiger partial charge in [0.25, 0.3) is 0 Å². The van der Waals surface area contributed by atoms with Crippen molar-refractivity contribution in [3.8, 4) is 0 Å². The van der Waals surface area contributed by atoms with Crippen LogP contribution < -0.4 is 0 Å². The van der Waals surface area contributed by atoms with Crippen LogP contribution in [-0.2, 0) is 4.79 Å². The number of aliphatic carboxylic acids is 1. The van der Waals surface area contributed by atoms with E-state index in [1.807, 2.05) is 0 Å². The monoisotopic (exact) mass is 133 g/mol. The first kappa shape index (κ1) is 8.06. The smallest absolute Gasteiger partial charge is 0.389 e. The third-order valence-electron chi connectivity index (χ3n) is 0.596. The van der Waals surface area contributed by atoms with Gasteiger partial charge in [-0.25, -0.2) is 9.79 Å². The zero-order valence-corrected chi connectivity index (χ0v) is 4.77. The lowest BCUT2D eigenvalue weighted by atomic mass is 10.5. The third kappa shape index (κ3) is 2.20. The second-order valence-electron chi connectivity index (χ2n) is 1.33. The quantitative estimate of drug-likeness (QED) is 0.326.